The number of aromatic nitrogens is 1. The minimum atomic E-state index is 0.0829. The first-order chi connectivity index (χ1) is 8.41. The van der Waals surface area contributed by atoms with Crippen molar-refractivity contribution < 1.29 is 0 Å². The molecule has 1 unspecified atom stereocenters. The van der Waals surface area contributed by atoms with Gasteiger partial charge in [0.15, 0.2) is 5.13 Å². The van der Waals surface area contributed by atoms with Crippen molar-refractivity contribution in [2.75, 3.05) is 23.7 Å². The Morgan fingerprint density at radius 2 is 2.17 bits per heavy atom. The maximum absolute atomic E-state index is 5.87. The van der Waals surface area contributed by atoms with Gasteiger partial charge in [-0.2, -0.15) is 11.8 Å². The van der Waals surface area contributed by atoms with Crippen LogP contribution in [-0.4, -0.2) is 29.1 Å². The third-order valence-electron chi connectivity index (χ3n) is 3.09. The normalized spacial score (nSPS) is 21.4. The number of thioether (sulfide) groups is 1. The molecule has 1 aromatic rings. The van der Waals surface area contributed by atoms with E-state index in [4.69, 9.17) is 10.7 Å². The van der Waals surface area contributed by atoms with Gasteiger partial charge < -0.3 is 10.6 Å². The van der Waals surface area contributed by atoms with Crippen LogP contribution in [0.2, 0.25) is 0 Å². The second-order valence-corrected chi connectivity index (χ2v) is 8.46. The summed E-state index contributed by atoms with van der Waals surface area (Å²) in [6.45, 7) is 11.7. The number of anilines is 1. The zero-order valence-electron chi connectivity index (χ0n) is 11.7. The standard InChI is InChI=1S/C13H23N3S2/c1-9-8-16(5-6-17-9)12-15-11(13(2,3)4)10(7-14)18-12/h9H,5-8,14H2,1-4H3. The Bertz CT molecular complexity index is 409. The summed E-state index contributed by atoms with van der Waals surface area (Å²) in [6, 6.07) is 0. The average Bonchev–Trinajstić information content (AvgIpc) is 2.72. The van der Waals surface area contributed by atoms with Crippen LogP contribution in [0.4, 0.5) is 5.13 Å². The molecule has 1 saturated heterocycles. The Balaban J connectivity index is 2.26. The molecular weight excluding hydrogens is 262 g/mol. The molecule has 1 aliphatic heterocycles. The minimum Gasteiger partial charge on any atom is -0.346 e. The summed E-state index contributed by atoms with van der Waals surface area (Å²) in [7, 11) is 0. The lowest BCUT2D eigenvalue weighted by atomic mass is 9.91. The summed E-state index contributed by atoms with van der Waals surface area (Å²) >= 11 is 3.82. The lowest BCUT2D eigenvalue weighted by molar-refractivity contribution is 0.565. The summed E-state index contributed by atoms with van der Waals surface area (Å²) in [5.41, 5.74) is 7.12. The van der Waals surface area contributed by atoms with Crippen molar-refractivity contribution >= 4 is 28.2 Å². The van der Waals surface area contributed by atoms with Crippen LogP contribution in [-0.2, 0) is 12.0 Å². The summed E-state index contributed by atoms with van der Waals surface area (Å²) in [4.78, 5) is 8.52. The molecule has 0 amide bonds. The second-order valence-electron chi connectivity index (χ2n) is 5.85. The molecule has 0 aliphatic carbocycles. The predicted octanol–water partition coefficient (Wildman–Crippen LogP) is 2.84. The number of hydrogen-bond acceptors (Lipinski definition) is 5. The van der Waals surface area contributed by atoms with Gasteiger partial charge in [-0.15, -0.1) is 11.3 Å². The predicted molar refractivity (Wildman–Crippen MR) is 82.8 cm³/mol. The van der Waals surface area contributed by atoms with E-state index >= 15 is 0 Å². The Labute approximate surface area is 118 Å². The van der Waals surface area contributed by atoms with Crippen molar-refractivity contribution in [3.8, 4) is 0 Å². The molecule has 18 heavy (non-hydrogen) atoms. The number of hydrogen-bond donors (Lipinski definition) is 1. The Hall–Kier alpha value is -0.260. The van der Waals surface area contributed by atoms with Crippen LogP contribution >= 0.6 is 23.1 Å². The number of rotatable bonds is 2. The van der Waals surface area contributed by atoms with Gasteiger partial charge in [0, 0.05) is 40.9 Å². The minimum absolute atomic E-state index is 0.0829. The summed E-state index contributed by atoms with van der Waals surface area (Å²) < 4.78 is 0. The molecular formula is C13H23N3S2. The molecule has 0 radical (unpaired) electrons. The van der Waals surface area contributed by atoms with Crippen molar-refractivity contribution in [2.45, 2.75) is 44.9 Å². The Morgan fingerprint density at radius 1 is 1.44 bits per heavy atom. The fourth-order valence-electron chi connectivity index (χ4n) is 2.19. The molecule has 1 aliphatic rings. The molecule has 2 N–H and O–H groups in total. The highest BCUT2D eigenvalue weighted by atomic mass is 32.2. The maximum atomic E-state index is 5.87. The molecule has 2 rings (SSSR count). The maximum Gasteiger partial charge on any atom is 0.185 e. The molecule has 2 heterocycles. The molecule has 0 aromatic carbocycles. The lowest BCUT2D eigenvalue weighted by Crippen LogP contribution is -2.36. The number of nitrogens with zero attached hydrogens (tertiary/aromatic N) is 2. The second kappa shape index (κ2) is 5.39. The fourth-order valence-corrected chi connectivity index (χ4v) is 4.39. The largest absolute Gasteiger partial charge is 0.346 e. The quantitative estimate of drug-likeness (QED) is 0.907. The van der Waals surface area contributed by atoms with Crippen LogP contribution < -0.4 is 10.6 Å². The van der Waals surface area contributed by atoms with Gasteiger partial charge in [-0.25, -0.2) is 4.98 Å². The zero-order valence-corrected chi connectivity index (χ0v) is 13.3. The van der Waals surface area contributed by atoms with Gasteiger partial charge in [-0.3, -0.25) is 0 Å². The molecule has 1 aromatic heterocycles. The van der Waals surface area contributed by atoms with Crippen molar-refractivity contribution in [1.29, 1.82) is 0 Å². The molecule has 102 valence electrons. The number of nitrogens with two attached hydrogens (primary N) is 1. The summed E-state index contributed by atoms with van der Waals surface area (Å²) in [6.07, 6.45) is 0. The average molecular weight is 285 g/mol. The molecule has 1 fully saturated rings. The van der Waals surface area contributed by atoms with Crippen LogP contribution in [0.5, 0.6) is 0 Å². The van der Waals surface area contributed by atoms with E-state index in [1.165, 1.54) is 16.3 Å². The monoisotopic (exact) mass is 285 g/mol. The van der Waals surface area contributed by atoms with E-state index in [0.29, 0.717) is 11.8 Å². The summed E-state index contributed by atoms with van der Waals surface area (Å²) in [5, 5.41) is 1.86. The van der Waals surface area contributed by atoms with Gasteiger partial charge in [0.25, 0.3) is 0 Å². The lowest BCUT2D eigenvalue weighted by Gasteiger charge is -2.30. The first kappa shape index (κ1) is 14.2. The van der Waals surface area contributed by atoms with E-state index < -0.39 is 0 Å². The van der Waals surface area contributed by atoms with Gasteiger partial charge >= 0.3 is 0 Å². The third kappa shape index (κ3) is 3.00. The van der Waals surface area contributed by atoms with E-state index in [1.807, 2.05) is 11.8 Å². The van der Waals surface area contributed by atoms with Gasteiger partial charge in [0.05, 0.1) is 5.69 Å². The fraction of sp³-hybridized carbons (Fsp3) is 0.769. The van der Waals surface area contributed by atoms with E-state index in [2.05, 4.69) is 32.6 Å². The van der Waals surface area contributed by atoms with Crippen molar-refractivity contribution in [1.82, 2.24) is 4.98 Å². The highest BCUT2D eigenvalue weighted by Gasteiger charge is 2.26. The first-order valence-electron chi connectivity index (χ1n) is 6.48. The molecule has 3 nitrogen and oxygen atoms in total. The van der Waals surface area contributed by atoms with E-state index in [-0.39, 0.29) is 5.41 Å². The van der Waals surface area contributed by atoms with Crippen LogP contribution in [0.15, 0.2) is 0 Å². The van der Waals surface area contributed by atoms with Crippen LogP contribution in [0.25, 0.3) is 0 Å². The smallest absolute Gasteiger partial charge is 0.185 e. The highest BCUT2D eigenvalue weighted by molar-refractivity contribution is 8.00. The van der Waals surface area contributed by atoms with Crippen molar-refractivity contribution in [2.24, 2.45) is 5.73 Å². The molecule has 1 atom stereocenters. The Morgan fingerprint density at radius 3 is 2.67 bits per heavy atom. The molecule has 0 bridgehead atoms. The zero-order chi connectivity index (χ0) is 13.3. The van der Waals surface area contributed by atoms with Gasteiger partial charge in [-0.05, 0) is 0 Å². The number of thiazole rings is 1. The molecule has 0 spiro atoms. The molecule has 5 heteroatoms. The highest BCUT2D eigenvalue weighted by Crippen LogP contribution is 2.35. The van der Waals surface area contributed by atoms with Crippen LogP contribution in [0.3, 0.4) is 0 Å². The van der Waals surface area contributed by atoms with Crippen LogP contribution in [0, 0.1) is 0 Å². The topological polar surface area (TPSA) is 42.2 Å². The SMILES string of the molecule is CC1CN(c2nc(C(C)(C)C)c(CN)s2)CCS1. The van der Waals surface area contributed by atoms with E-state index in [0.717, 1.165) is 18.2 Å². The van der Waals surface area contributed by atoms with E-state index in [9.17, 15) is 0 Å². The molecule has 0 saturated carbocycles. The van der Waals surface area contributed by atoms with Gasteiger partial charge in [-0.1, -0.05) is 27.7 Å². The van der Waals surface area contributed by atoms with Crippen molar-refractivity contribution in [3.05, 3.63) is 10.6 Å². The first-order valence-corrected chi connectivity index (χ1v) is 8.35. The van der Waals surface area contributed by atoms with Gasteiger partial charge in [0.2, 0.25) is 0 Å². The Kier molecular flexibility index (Phi) is 4.24. The van der Waals surface area contributed by atoms with Crippen LogP contribution in [0.1, 0.15) is 38.3 Å². The third-order valence-corrected chi connectivity index (χ3v) is 5.37. The van der Waals surface area contributed by atoms with Crippen molar-refractivity contribution in [3.63, 3.8) is 0 Å². The van der Waals surface area contributed by atoms with E-state index in [1.54, 1.807) is 11.3 Å². The summed E-state index contributed by atoms with van der Waals surface area (Å²) in [5.74, 6) is 1.20. The van der Waals surface area contributed by atoms with Gasteiger partial charge in [0.1, 0.15) is 0 Å².